The van der Waals surface area contributed by atoms with Crippen LogP contribution in [0.25, 0.3) is 0 Å². The Kier molecular flexibility index (Phi) is 3.47. The normalized spacial score (nSPS) is 36.0. The number of halogens is 2. The highest BCUT2D eigenvalue weighted by Crippen LogP contribution is 2.61. The van der Waals surface area contributed by atoms with E-state index < -0.39 is 23.1 Å². The van der Waals surface area contributed by atoms with Gasteiger partial charge in [-0.1, -0.05) is 6.07 Å². The van der Waals surface area contributed by atoms with Gasteiger partial charge < -0.3 is 5.32 Å². The second kappa shape index (κ2) is 5.29. The smallest absolute Gasteiger partial charge is 0.257 e. The van der Waals surface area contributed by atoms with Gasteiger partial charge in [-0.2, -0.15) is 0 Å². The fourth-order valence-corrected chi connectivity index (χ4v) is 5.84. The van der Waals surface area contributed by atoms with Gasteiger partial charge in [0.15, 0.2) is 0 Å². The lowest BCUT2D eigenvalue weighted by Crippen LogP contribution is -2.55. The number of benzene rings is 1. The lowest BCUT2D eigenvalue weighted by atomic mass is 9.48. The summed E-state index contributed by atoms with van der Waals surface area (Å²) in [4.78, 5) is 12.4. The molecule has 2 nitrogen and oxygen atoms in total. The molecule has 0 saturated heterocycles. The largest absolute Gasteiger partial charge is 0.349 e. The van der Waals surface area contributed by atoms with E-state index in [1.165, 1.54) is 25.3 Å². The molecule has 4 heteroatoms. The van der Waals surface area contributed by atoms with Gasteiger partial charge in [-0.15, -0.1) is 0 Å². The minimum absolute atomic E-state index is 0.0394. The van der Waals surface area contributed by atoms with Gasteiger partial charge in [-0.25, -0.2) is 8.78 Å². The van der Waals surface area contributed by atoms with E-state index in [1.807, 2.05) is 6.92 Å². The highest BCUT2D eigenvalue weighted by molar-refractivity contribution is 5.95. The average molecular weight is 319 g/mol. The van der Waals surface area contributed by atoms with Gasteiger partial charge in [-0.3, -0.25) is 4.79 Å². The number of rotatable bonds is 3. The molecule has 4 fully saturated rings. The minimum Gasteiger partial charge on any atom is -0.349 e. The van der Waals surface area contributed by atoms with Crippen molar-refractivity contribution in [3.8, 4) is 0 Å². The van der Waals surface area contributed by atoms with Gasteiger partial charge in [-0.05, 0) is 80.8 Å². The van der Waals surface area contributed by atoms with Crippen LogP contribution < -0.4 is 5.32 Å². The van der Waals surface area contributed by atoms with Crippen LogP contribution in [0.4, 0.5) is 8.78 Å². The Balaban J connectivity index is 1.54. The molecule has 23 heavy (non-hydrogen) atoms. The molecule has 124 valence electrons. The molecule has 0 heterocycles. The van der Waals surface area contributed by atoms with E-state index in [9.17, 15) is 13.6 Å². The van der Waals surface area contributed by atoms with Gasteiger partial charge in [0.1, 0.15) is 17.2 Å². The third-order valence-corrected chi connectivity index (χ3v) is 6.54. The van der Waals surface area contributed by atoms with Crippen molar-refractivity contribution in [1.29, 1.82) is 0 Å². The first-order chi connectivity index (χ1) is 11.0. The van der Waals surface area contributed by atoms with E-state index in [0.29, 0.717) is 0 Å². The zero-order chi connectivity index (χ0) is 16.2. The van der Waals surface area contributed by atoms with Crippen LogP contribution in [-0.2, 0) is 0 Å². The number of hydrogen-bond acceptors (Lipinski definition) is 1. The molecule has 4 aliphatic rings. The Hall–Kier alpha value is -1.45. The Morgan fingerprint density at radius 2 is 1.57 bits per heavy atom. The monoisotopic (exact) mass is 319 g/mol. The van der Waals surface area contributed by atoms with Crippen molar-refractivity contribution >= 4 is 5.91 Å². The van der Waals surface area contributed by atoms with Crippen LogP contribution in [0.2, 0.25) is 0 Å². The van der Waals surface area contributed by atoms with Crippen LogP contribution in [0.3, 0.4) is 0 Å². The average Bonchev–Trinajstić information content (AvgIpc) is 2.45. The quantitative estimate of drug-likeness (QED) is 0.884. The summed E-state index contributed by atoms with van der Waals surface area (Å²) in [5.74, 6) is 0.145. The SMILES string of the molecule is C[C@@H](NC(=O)c1c(F)cccc1F)C12CC3CC(CC(C3)C1)C2. The Labute approximate surface area is 135 Å². The summed E-state index contributed by atoms with van der Waals surface area (Å²) in [5.41, 5.74) is -0.323. The molecule has 0 unspecified atom stereocenters. The van der Waals surface area contributed by atoms with Crippen molar-refractivity contribution < 1.29 is 13.6 Å². The molecule has 4 saturated carbocycles. The molecular weight excluding hydrogens is 296 g/mol. The lowest BCUT2D eigenvalue weighted by molar-refractivity contribution is -0.0688. The first kappa shape index (κ1) is 15.1. The number of amides is 1. The second-order valence-corrected chi connectivity index (χ2v) is 8.07. The number of carbonyl (C=O) groups is 1. The van der Waals surface area contributed by atoms with Crippen molar-refractivity contribution in [3.63, 3.8) is 0 Å². The van der Waals surface area contributed by atoms with E-state index in [1.54, 1.807) is 0 Å². The van der Waals surface area contributed by atoms with Crippen molar-refractivity contribution in [2.24, 2.45) is 23.2 Å². The van der Waals surface area contributed by atoms with E-state index in [0.717, 1.165) is 49.1 Å². The summed E-state index contributed by atoms with van der Waals surface area (Å²) in [6.45, 7) is 2.02. The summed E-state index contributed by atoms with van der Waals surface area (Å²) < 4.78 is 27.6. The Bertz CT molecular complexity index is 587. The van der Waals surface area contributed by atoms with E-state index in [2.05, 4.69) is 5.32 Å². The van der Waals surface area contributed by atoms with Crippen molar-refractivity contribution in [3.05, 3.63) is 35.4 Å². The minimum atomic E-state index is -0.791. The summed E-state index contributed by atoms with van der Waals surface area (Å²) in [7, 11) is 0. The van der Waals surface area contributed by atoms with Crippen LogP contribution in [-0.4, -0.2) is 11.9 Å². The molecular formula is C19H23F2NO. The molecule has 1 aromatic carbocycles. The van der Waals surface area contributed by atoms with Crippen LogP contribution in [0.5, 0.6) is 0 Å². The topological polar surface area (TPSA) is 29.1 Å². The Morgan fingerprint density at radius 1 is 1.09 bits per heavy atom. The summed E-state index contributed by atoms with van der Waals surface area (Å²) in [6, 6.07) is 3.51. The third-order valence-electron chi connectivity index (χ3n) is 6.54. The second-order valence-electron chi connectivity index (χ2n) is 8.07. The van der Waals surface area contributed by atoms with Crippen molar-refractivity contribution in [1.82, 2.24) is 5.32 Å². The first-order valence-corrected chi connectivity index (χ1v) is 8.72. The molecule has 0 radical (unpaired) electrons. The van der Waals surface area contributed by atoms with E-state index >= 15 is 0 Å². The van der Waals surface area contributed by atoms with Crippen LogP contribution in [0.1, 0.15) is 55.8 Å². The zero-order valence-corrected chi connectivity index (χ0v) is 13.4. The first-order valence-electron chi connectivity index (χ1n) is 8.72. The maximum absolute atomic E-state index is 13.8. The number of carbonyl (C=O) groups excluding carboxylic acids is 1. The fourth-order valence-electron chi connectivity index (χ4n) is 5.84. The standard InChI is InChI=1S/C19H23F2NO/c1-11(22-18(23)17-15(20)3-2-4-16(17)21)19-8-12-5-13(9-19)7-14(6-12)10-19/h2-4,11-14H,5-10H2,1H3,(H,22,23)/t11-,12?,13?,14?,19?/m1/s1. The van der Waals surface area contributed by atoms with Gasteiger partial charge in [0, 0.05) is 6.04 Å². The molecule has 1 amide bonds. The van der Waals surface area contributed by atoms with Crippen molar-refractivity contribution in [2.45, 2.75) is 51.5 Å². The van der Waals surface area contributed by atoms with Gasteiger partial charge in [0.05, 0.1) is 0 Å². The van der Waals surface area contributed by atoms with Gasteiger partial charge in [0.2, 0.25) is 0 Å². The van der Waals surface area contributed by atoms with Gasteiger partial charge >= 0.3 is 0 Å². The van der Waals surface area contributed by atoms with Gasteiger partial charge in [0.25, 0.3) is 5.91 Å². The molecule has 1 atom stereocenters. The predicted molar refractivity (Wildman–Crippen MR) is 83.9 cm³/mol. The van der Waals surface area contributed by atoms with Crippen LogP contribution in [0.15, 0.2) is 18.2 Å². The van der Waals surface area contributed by atoms with Crippen LogP contribution in [0, 0.1) is 34.8 Å². The molecule has 4 aliphatic carbocycles. The van der Waals surface area contributed by atoms with E-state index in [4.69, 9.17) is 0 Å². The Morgan fingerprint density at radius 3 is 2.04 bits per heavy atom. The van der Waals surface area contributed by atoms with Crippen molar-refractivity contribution in [2.75, 3.05) is 0 Å². The molecule has 0 spiro atoms. The maximum atomic E-state index is 13.8. The molecule has 4 bridgehead atoms. The van der Waals surface area contributed by atoms with Crippen LogP contribution >= 0.6 is 0 Å². The number of hydrogen-bond donors (Lipinski definition) is 1. The zero-order valence-electron chi connectivity index (χ0n) is 13.4. The lowest BCUT2D eigenvalue weighted by Gasteiger charge is -2.59. The summed E-state index contributed by atoms with van der Waals surface area (Å²) >= 11 is 0. The summed E-state index contributed by atoms with van der Waals surface area (Å²) in [6.07, 6.45) is 7.46. The molecule has 1 N–H and O–H groups in total. The highest BCUT2D eigenvalue weighted by atomic mass is 19.1. The highest BCUT2D eigenvalue weighted by Gasteiger charge is 2.53. The maximum Gasteiger partial charge on any atom is 0.257 e. The number of nitrogens with one attached hydrogen (secondary N) is 1. The molecule has 0 aromatic heterocycles. The van der Waals surface area contributed by atoms with E-state index in [-0.39, 0.29) is 11.5 Å². The third kappa shape index (κ3) is 2.47. The fraction of sp³-hybridized carbons (Fsp3) is 0.632. The molecule has 5 rings (SSSR count). The predicted octanol–water partition coefficient (Wildman–Crippen LogP) is 4.30. The molecule has 1 aromatic rings. The molecule has 0 aliphatic heterocycles. The summed E-state index contributed by atoms with van der Waals surface area (Å²) in [5, 5.41) is 2.92.